The highest BCUT2D eigenvalue weighted by atomic mass is 32.2. The lowest BCUT2D eigenvalue weighted by molar-refractivity contribution is 1.12. The first kappa shape index (κ1) is 6.67. The molecule has 0 spiro atoms. The number of rotatable bonds is 0. The summed E-state index contributed by atoms with van der Waals surface area (Å²) in [5.74, 6) is 1.30. The van der Waals surface area contributed by atoms with Gasteiger partial charge in [0.2, 0.25) is 5.95 Å². The Kier molecular flexibility index (Phi) is 1.54. The van der Waals surface area contributed by atoms with Gasteiger partial charge in [-0.3, -0.25) is 0 Å². The van der Waals surface area contributed by atoms with Crippen molar-refractivity contribution in [3.8, 4) is 0 Å². The van der Waals surface area contributed by atoms with Crippen molar-refractivity contribution in [1.29, 1.82) is 0 Å². The van der Waals surface area contributed by atoms with E-state index in [2.05, 4.69) is 9.97 Å². The molecule has 1 aliphatic heterocycles. The SMILES string of the molecule is Nc1ncc2c(n1)C=CSC2. The predicted molar refractivity (Wildman–Crippen MR) is 46.8 cm³/mol. The summed E-state index contributed by atoms with van der Waals surface area (Å²) in [6, 6.07) is 0. The van der Waals surface area contributed by atoms with Gasteiger partial charge in [0.25, 0.3) is 0 Å². The summed E-state index contributed by atoms with van der Waals surface area (Å²) in [5.41, 5.74) is 7.53. The average Bonchev–Trinajstić information content (AvgIpc) is 2.04. The number of nitrogens with zero attached hydrogens (tertiary/aromatic N) is 2. The number of fused-ring (bicyclic) bond motifs is 1. The molecule has 2 heterocycles. The summed E-state index contributed by atoms with van der Waals surface area (Å²) in [4.78, 5) is 7.99. The number of anilines is 1. The van der Waals surface area contributed by atoms with Crippen LogP contribution in [0.4, 0.5) is 5.95 Å². The van der Waals surface area contributed by atoms with E-state index in [1.165, 1.54) is 0 Å². The van der Waals surface area contributed by atoms with Crippen LogP contribution in [0.25, 0.3) is 6.08 Å². The molecule has 0 aliphatic carbocycles. The highest BCUT2D eigenvalue weighted by Crippen LogP contribution is 2.23. The molecule has 2 rings (SSSR count). The van der Waals surface area contributed by atoms with Crippen LogP contribution in [0.15, 0.2) is 11.6 Å². The normalized spacial score (nSPS) is 14.5. The van der Waals surface area contributed by atoms with E-state index < -0.39 is 0 Å². The maximum atomic E-state index is 5.42. The number of hydrogen-bond donors (Lipinski definition) is 1. The van der Waals surface area contributed by atoms with Gasteiger partial charge in [-0.25, -0.2) is 9.97 Å². The number of nitrogen functional groups attached to an aromatic ring is 1. The fraction of sp³-hybridized carbons (Fsp3) is 0.143. The number of aromatic nitrogens is 2. The molecule has 0 radical (unpaired) electrons. The lowest BCUT2D eigenvalue weighted by atomic mass is 10.2. The van der Waals surface area contributed by atoms with Gasteiger partial charge in [0.15, 0.2) is 0 Å². The van der Waals surface area contributed by atoms with E-state index >= 15 is 0 Å². The Balaban J connectivity index is 2.54. The zero-order valence-corrected chi connectivity index (χ0v) is 6.64. The Bertz CT molecular complexity index is 309. The molecule has 0 unspecified atom stereocenters. The molecule has 1 aromatic rings. The zero-order valence-electron chi connectivity index (χ0n) is 5.82. The van der Waals surface area contributed by atoms with Crippen LogP contribution in [0.1, 0.15) is 11.3 Å². The molecule has 1 aromatic heterocycles. The first-order chi connectivity index (χ1) is 5.36. The minimum atomic E-state index is 0.348. The predicted octanol–water partition coefficient (Wildman–Crippen LogP) is 1.28. The second kappa shape index (κ2) is 2.54. The van der Waals surface area contributed by atoms with E-state index in [0.717, 1.165) is 17.0 Å². The molecule has 0 amide bonds. The Morgan fingerprint density at radius 1 is 1.55 bits per heavy atom. The lowest BCUT2D eigenvalue weighted by Crippen LogP contribution is -2.00. The third kappa shape index (κ3) is 1.21. The van der Waals surface area contributed by atoms with Crippen molar-refractivity contribution in [3.63, 3.8) is 0 Å². The van der Waals surface area contributed by atoms with Crippen LogP contribution < -0.4 is 5.73 Å². The second-order valence-electron chi connectivity index (χ2n) is 2.25. The maximum absolute atomic E-state index is 5.42. The largest absolute Gasteiger partial charge is 0.368 e. The summed E-state index contributed by atoms with van der Waals surface area (Å²) >= 11 is 1.74. The molecular weight excluding hydrogens is 158 g/mol. The van der Waals surface area contributed by atoms with Gasteiger partial charge < -0.3 is 5.73 Å². The van der Waals surface area contributed by atoms with Crippen molar-refractivity contribution in [3.05, 3.63) is 22.9 Å². The molecule has 0 aromatic carbocycles. The quantitative estimate of drug-likeness (QED) is 0.629. The van der Waals surface area contributed by atoms with Crippen LogP contribution >= 0.6 is 11.8 Å². The van der Waals surface area contributed by atoms with Crippen molar-refractivity contribution in [2.24, 2.45) is 0 Å². The number of hydrogen-bond acceptors (Lipinski definition) is 4. The number of nitrogens with two attached hydrogens (primary N) is 1. The van der Waals surface area contributed by atoms with E-state index in [1.54, 1.807) is 18.0 Å². The first-order valence-corrected chi connectivity index (χ1v) is 4.31. The molecule has 0 bridgehead atoms. The third-order valence-electron chi connectivity index (χ3n) is 1.48. The average molecular weight is 165 g/mol. The van der Waals surface area contributed by atoms with E-state index in [1.807, 2.05) is 11.5 Å². The van der Waals surface area contributed by atoms with Gasteiger partial charge in [-0.2, -0.15) is 0 Å². The Labute approximate surface area is 68.7 Å². The van der Waals surface area contributed by atoms with Crippen LogP contribution in [-0.2, 0) is 5.75 Å². The minimum Gasteiger partial charge on any atom is -0.368 e. The number of thioether (sulfide) groups is 1. The fourth-order valence-corrected chi connectivity index (χ4v) is 1.66. The Morgan fingerprint density at radius 2 is 2.45 bits per heavy atom. The van der Waals surface area contributed by atoms with Gasteiger partial charge in [0.1, 0.15) is 0 Å². The van der Waals surface area contributed by atoms with E-state index in [-0.39, 0.29) is 0 Å². The molecule has 0 atom stereocenters. The Morgan fingerprint density at radius 3 is 3.36 bits per heavy atom. The second-order valence-corrected chi connectivity index (χ2v) is 3.15. The molecule has 0 saturated carbocycles. The van der Waals surface area contributed by atoms with Crippen molar-refractivity contribution in [2.45, 2.75) is 5.75 Å². The van der Waals surface area contributed by atoms with Crippen molar-refractivity contribution in [1.82, 2.24) is 9.97 Å². The van der Waals surface area contributed by atoms with Gasteiger partial charge >= 0.3 is 0 Å². The van der Waals surface area contributed by atoms with Gasteiger partial charge in [-0.05, 0) is 11.5 Å². The highest BCUT2D eigenvalue weighted by molar-refractivity contribution is 8.01. The monoisotopic (exact) mass is 165 g/mol. The van der Waals surface area contributed by atoms with Crippen molar-refractivity contribution in [2.75, 3.05) is 5.73 Å². The van der Waals surface area contributed by atoms with Gasteiger partial charge in [-0.1, -0.05) is 0 Å². The van der Waals surface area contributed by atoms with Crippen LogP contribution in [0.2, 0.25) is 0 Å². The maximum Gasteiger partial charge on any atom is 0.220 e. The van der Waals surface area contributed by atoms with E-state index in [4.69, 9.17) is 5.73 Å². The molecule has 3 nitrogen and oxygen atoms in total. The molecule has 0 fully saturated rings. The first-order valence-electron chi connectivity index (χ1n) is 3.26. The molecule has 4 heteroatoms. The van der Waals surface area contributed by atoms with E-state index in [9.17, 15) is 0 Å². The molecule has 0 saturated heterocycles. The van der Waals surface area contributed by atoms with Gasteiger partial charge in [0, 0.05) is 17.5 Å². The molecule has 2 N–H and O–H groups in total. The fourth-order valence-electron chi connectivity index (χ4n) is 0.940. The summed E-state index contributed by atoms with van der Waals surface area (Å²) in [6.07, 6.45) is 3.75. The summed E-state index contributed by atoms with van der Waals surface area (Å²) in [5, 5.41) is 2.02. The molecular formula is C7H7N3S. The minimum absolute atomic E-state index is 0.348. The van der Waals surface area contributed by atoms with Crippen LogP contribution in [0.3, 0.4) is 0 Å². The lowest BCUT2D eigenvalue weighted by Gasteiger charge is -2.07. The van der Waals surface area contributed by atoms with Crippen LogP contribution in [0.5, 0.6) is 0 Å². The summed E-state index contributed by atoms with van der Waals surface area (Å²) in [6.45, 7) is 0. The van der Waals surface area contributed by atoms with Crippen LogP contribution in [-0.4, -0.2) is 9.97 Å². The Hall–Kier alpha value is -1.03. The van der Waals surface area contributed by atoms with Crippen molar-refractivity contribution < 1.29 is 0 Å². The summed E-state index contributed by atoms with van der Waals surface area (Å²) < 4.78 is 0. The molecule has 56 valence electrons. The molecule has 11 heavy (non-hydrogen) atoms. The highest BCUT2D eigenvalue weighted by Gasteiger charge is 2.05. The van der Waals surface area contributed by atoms with E-state index in [0.29, 0.717) is 5.95 Å². The standard InChI is InChI=1S/C7H7N3S/c8-7-9-3-5-4-11-2-1-6(5)10-7/h1-3H,4H2,(H2,8,9,10). The van der Waals surface area contributed by atoms with Gasteiger partial charge in [-0.15, -0.1) is 11.8 Å². The van der Waals surface area contributed by atoms with Gasteiger partial charge in [0.05, 0.1) is 5.69 Å². The topological polar surface area (TPSA) is 51.8 Å². The van der Waals surface area contributed by atoms with Crippen molar-refractivity contribution >= 4 is 23.8 Å². The smallest absolute Gasteiger partial charge is 0.220 e. The third-order valence-corrected chi connectivity index (χ3v) is 2.28. The van der Waals surface area contributed by atoms with Crippen LogP contribution in [0, 0.1) is 0 Å². The zero-order chi connectivity index (χ0) is 7.68. The summed E-state index contributed by atoms with van der Waals surface area (Å²) in [7, 11) is 0. The molecule has 1 aliphatic rings.